The van der Waals surface area contributed by atoms with Crippen molar-refractivity contribution < 1.29 is 4.74 Å². The van der Waals surface area contributed by atoms with Gasteiger partial charge in [0.2, 0.25) is 0 Å². The maximum atomic E-state index is 5.86. The summed E-state index contributed by atoms with van der Waals surface area (Å²) >= 11 is 5.86. The fraction of sp³-hybridized carbons (Fsp3) is 0.429. The van der Waals surface area contributed by atoms with Crippen LogP contribution in [0.3, 0.4) is 0 Å². The van der Waals surface area contributed by atoms with Gasteiger partial charge in [-0.2, -0.15) is 0 Å². The molecule has 88 valence electrons. The minimum Gasteiger partial charge on any atom is -0.460 e. The summed E-state index contributed by atoms with van der Waals surface area (Å²) in [5, 5.41) is 0. The zero-order valence-corrected chi connectivity index (χ0v) is 11.1. The zero-order chi connectivity index (χ0) is 12.2. The molecule has 0 aliphatic rings. The van der Waals surface area contributed by atoms with Crippen LogP contribution in [0.15, 0.2) is 41.6 Å². The maximum Gasteiger partial charge on any atom is 0.127 e. The highest BCUT2D eigenvalue weighted by Crippen LogP contribution is 2.36. The van der Waals surface area contributed by atoms with Crippen LogP contribution in [0.25, 0.3) is 0 Å². The van der Waals surface area contributed by atoms with Crippen molar-refractivity contribution in [3.63, 3.8) is 0 Å². The molecule has 0 fully saturated rings. The predicted octanol–water partition coefficient (Wildman–Crippen LogP) is 4.83. The summed E-state index contributed by atoms with van der Waals surface area (Å²) in [6, 6.07) is 9.71. The Bertz CT molecular complexity index is 352. The largest absolute Gasteiger partial charge is 0.460 e. The van der Waals surface area contributed by atoms with Gasteiger partial charge < -0.3 is 4.74 Å². The van der Waals surface area contributed by atoms with Crippen molar-refractivity contribution >= 4 is 11.6 Å². The van der Waals surface area contributed by atoms with Crippen LogP contribution in [0.2, 0.25) is 0 Å². The second kappa shape index (κ2) is 5.40. The Hall–Kier alpha value is -0.950. The molecule has 0 aliphatic heterocycles. The third-order valence-corrected chi connectivity index (χ3v) is 3.35. The number of rotatable bonds is 4. The van der Waals surface area contributed by atoms with Crippen molar-refractivity contribution in [3.8, 4) is 5.75 Å². The van der Waals surface area contributed by atoms with Crippen molar-refractivity contribution in [2.75, 3.05) is 0 Å². The molecule has 1 rings (SSSR count). The molecule has 0 N–H and O–H groups in total. The van der Waals surface area contributed by atoms with E-state index in [1.165, 1.54) is 5.54 Å². The van der Waals surface area contributed by atoms with Gasteiger partial charge in [0.1, 0.15) is 11.5 Å². The lowest BCUT2D eigenvalue weighted by Gasteiger charge is -2.31. The van der Waals surface area contributed by atoms with Crippen molar-refractivity contribution in [3.05, 3.63) is 41.6 Å². The van der Waals surface area contributed by atoms with Crippen LogP contribution in [-0.2, 0) is 0 Å². The topological polar surface area (TPSA) is 9.23 Å². The van der Waals surface area contributed by atoms with E-state index in [0.717, 1.165) is 11.5 Å². The van der Waals surface area contributed by atoms with Crippen LogP contribution in [0, 0.1) is 11.3 Å². The van der Waals surface area contributed by atoms with Gasteiger partial charge in [-0.3, -0.25) is 0 Å². The standard InChI is InChI=1S/C14H19ClO/c1-11(2)14(3,4)13(10-15)16-12-8-6-5-7-9-12/h5-11H,1-4H3/b13-10-. The number of hydrogen-bond donors (Lipinski definition) is 0. The van der Waals surface area contributed by atoms with E-state index in [9.17, 15) is 0 Å². The van der Waals surface area contributed by atoms with Crippen LogP contribution >= 0.6 is 11.6 Å². The van der Waals surface area contributed by atoms with Gasteiger partial charge in [-0.1, -0.05) is 57.5 Å². The van der Waals surface area contributed by atoms with Crippen molar-refractivity contribution in [2.24, 2.45) is 11.3 Å². The number of hydrogen-bond acceptors (Lipinski definition) is 1. The Balaban J connectivity index is 2.87. The number of para-hydroxylation sites is 1. The highest BCUT2D eigenvalue weighted by molar-refractivity contribution is 6.25. The van der Waals surface area contributed by atoms with Crippen LogP contribution in [0.1, 0.15) is 27.7 Å². The first kappa shape index (κ1) is 13.1. The first-order chi connectivity index (χ1) is 7.48. The van der Waals surface area contributed by atoms with E-state index in [1.807, 2.05) is 30.3 Å². The Morgan fingerprint density at radius 1 is 1.25 bits per heavy atom. The number of benzene rings is 1. The van der Waals surface area contributed by atoms with Crippen molar-refractivity contribution in [1.82, 2.24) is 0 Å². The lowest BCUT2D eigenvalue weighted by molar-refractivity contribution is 0.209. The Kier molecular flexibility index (Phi) is 4.43. The summed E-state index contributed by atoms with van der Waals surface area (Å²) in [5.41, 5.74) is 1.46. The quantitative estimate of drug-likeness (QED) is 0.683. The molecule has 0 aromatic heterocycles. The van der Waals surface area contributed by atoms with E-state index in [4.69, 9.17) is 16.3 Å². The van der Waals surface area contributed by atoms with E-state index < -0.39 is 0 Å². The summed E-state index contributed by atoms with van der Waals surface area (Å²) in [5.74, 6) is 2.08. The number of halogens is 1. The second-order valence-electron chi connectivity index (χ2n) is 4.76. The average molecular weight is 239 g/mol. The molecule has 0 atom stereocenters. The Labute approximate surface area is 103 Å². The normalized spacial score (nSPS) is 13.0. The SMILES string of the molecule is CC(C)C(C)(C)/C(=C/Cl)Oc1ccccc1. The molecule has 0 unspecified atom stereocenters. The maximum absolute atomic E-state index is 5.86. The lowest BCUT2D eigenvalue weighted by atomic mass is 9.80. The minimum atomic E-state index is -0.0718. The highest BCUT2D eigenvalue weighted by atomic mass is 35.5. The molecular weight excluding hydrogens is 220 g/mol. The fourth-order valence-corrected chi connectivity index (χ4v) is 1.52. The van der Waals surface area contributed by atoms with Crippen LogP contribution < -0.4 is 4.74 Å². The first-order valence-corrected chi connectivity index (χ1v) is 5.96. The highest BCUT2D eigenvalue weighted by Gasteiger charge is 2.29. The van der Waals surface area contributed by atoms with Gasteiger partial charge in [0.25, 0.3) is 0 Å². The molecular formula is C14H19ClO. The average Bonchev–Trinajstić information content (AvgIpc) is 2.26. The summed E-state index contributed by atoms with van der Waals surface area (Å²) in [6.45, 7) is 8.59. The van der Waals surface area contributed by atoms with Gasteiger partial charge in [-0.15, -0.1) is 0 Å². The molecule has 0 radical (unpaired) electrons. The molecule has 0 heterocycles. The van der Waals surface area contributed by atoms with E-state index in [0.29, 0.717) is 5.92 Å². The summed E-state index contributed by atoms with van der Waals surface area (Å²) in [6.07, 6.45) is 0. The van der Waals surface area contributed by atoms with Gasteiger partial charge in [0, 0.05) is 11.0 Å². The molecule has 1 nitrogen and oxygen atoms in total. The van der Waals surface area contributed by atoms with Gasteiger partial charge in [-0.25, -0.2) is 0 Å². The molecule has 2 heteroatoms. The molecule has 16 heavy (non-hydrogen) atoms. The minimum absolute atomic E-state index is 0.0718. The Morgan fingerprint density at radius 3 is 2.25 bits per heavy atom. The molecule has 0 amide bonds. The molecule has 0 saturated heterocycles. The van der Waals surface area contributed by atoms with Gasteiger partial charge >= 0.3 is 0 Å². The lowest BCUT2D eigenvalue weighted by Crippen LogP contribution is -2.25. The summed E-state index contributed by atoms with van der Waals surface area (Å²) in [7, 11) is 0. The predicted molar refractivity (Wildman–Crippen MR) is 69.6 cm³/mol. The second-order valence-corrected chi connectivity index (χ2v) is 4.98. The van der Waals surface area contributed by atoms with Crippen molar-refractivity contribution in [2.45, 2.75) is 27.7 Å². The Morgan fingerprint density at radius 2 is 1.81 bits per heavy atom. The van der Waals surface area contributed by atoms with Crippen LogP contribution in [-0.4, -0.2) is 0 Å². The summed E-state index contributed by atoms with van der Waals surface area (Å²) < 4.78 is 5.82. The van der Waals surface area contributed by atoms with Crippen molar-refractivity contribution in [1.29, 1.82) is 0 Å². The van der Waals surface area contributed by atoms with Gasteiger partial charge in [0.15, 0.2) is 0 Å². The van der Waals surface area contributed by atoms with Crippen LogP contribution in [0.4, 0.5) is 0 Å². The molecule has 0 saturated carbocycles. The monoisotopic (exact) mass is 238 g/mol. The number of ether oxygens (including phenoxy) is 1. The third kappa shape index (κ3) is 3.02. The third-order valence-electron chi connectivity index (χ3n) is 3.15. The smallest absolute Gasteiger partial charge is 0.127 e. The van der Waals surface area contributed by atoms with E-state index >= 15 is 0 Å². The van der Waals surface area contributed by atoms with Gasteiger partial charge in [-0.05, 0) is 18.1 Å². The number of allylic oxidation sites excluding steroid dienone is 1. The van der Waals surface area contributed by atoms with E-state index in [2.05, 4.69) is 27.7 Å². The van der Waals surface area contributed by atoms with Crippen LogP contribution in [0.5, 0.6) is 5.75 Å². The zero-order valence-electron chi connectivity index (χ0n) is 10.3. The molecule has 1 aromatic carbocycles. The fourth-order valence-electron chi connectivity index (χ4n) is 1.19. The molecule has 1 aromatic rings. The summed E-state index contributed by atoms with van der Waals surface area (Å²) in [4.78, 5) is 0. The molecule has 0 bridgehead atoms. The first-order valence-electron chi connectivity index (χ1n) is 5.52. The molecule has 0 spiro atoms. The van der Waals surface area contributed by atoms with E-state index in [-0.39, 0.29) is 5.41 Å². The van der Waals surface area contributed by atoms with Gasteiger partial charge in [0.05, 0.1) is 0 Å². The molecule has 0 aliphatic carbocycles. The van der Waals surface area contributed by atoms with E-state index in [1.54, 1.807) is 0 Å².